The first kappa shape index (κ1) is 30.7. The number of nitrogens with zero attached hydrogens (tertiary/aromatic N) is 3. The normalized spacial score (nSPS) is 14.7. The Morgan fingerprint density at radius 1 is 1.00 bits per heavy atom. The van der Waals surface area contributed by atoms with Gasteiger partial charge in [-0.25, -0.2) is 18.0 Å². The number of fused-ring (bicyclic) bond motifs is 1. The van der Waals surface area contributed by atoms with E-state index >= 15 is 0 Å². The molecule has 1 aliphatic rings. The van der Waals surface area contributed by atoms with Crippen LogP contribution in [0.25, 0.3) is 10.8 Å². The molecule has 2 heterocycles. The molecule has 3 aromatic rings. The Kier molecular flexibility index (Phi) is 11.6. The first-order chi connectivity index (χ1) is 19.2. The number of aromatic nitrogens is 1. The largest absolute Gasteiger partial charge is 0.494 e. The number of sulfonamides is 1. The number of pyridine rings is 1. The monoisotopic (exact) mass is 569 g/mol. The average Bonchev–Trinajstić information content (AvgIpc) is 2.96. The number of ether oxygens (including phenoxy) is 1. The van der Waals surface area contributed by atoms with Gasteiger partial charge in [0.15, 0.2) is 0 Å². The molecule has 0 saturated carbocycles. The van der Waals surface area contributed by atoms with Gasteiger partial charge in [-0.3, -0.25) is 4.98 Å². The van der Waals surface area contributed by atoms with Crippen molar-refractivity contribution in [2.45, 2.75) is 36.6 Å². The maximum Gasteiger partial charge on any atom is 0.328 e. The van der Waals surface area contributed by atoms with E-state index in [0.29, 0.717) is 17.0 Å². The van der Waals surface area contributed by atoms with Crippen molar-refractivity contribution >= 4 is 32.7 Å². The second-order valence-electron chi connectivity index (χ2n) is 9.33. The van der Waals surface area contributed by atoms with Gasteiger partial charge in [0.2, 0.25) is 10.0 Å². The Labute approximate surface area is 234 Å². The van der Waals surface area contributed by atoms with Gasteiger partial charge in [-0.15, -0.1) is 0 Å². The average molecular weight is 570 g/mol. The second kappa shape index (κ2) is 15.1. The van der Waals surface area contributed by atoms with Crippen LogP contribution >= 0.6 is 0 Å². The summed E-state index contributed by atoms with van der Waals surface area (Å²) in [5.41, 5.74) is 0. The lowest BCUT2D eigenvalue weighted by atomic mass is 10.1. The van der Waals surface area contributed by atoms with Gasteiger partial charge >= 0.3 is 11.9 Å². The third kappa shape index (κ3) is 9.15. The van der Waals surface area contributed by atoms with Gasteiger partial charge < -0.3 is 19.8 Å². The molecule has 2 aromatic carbocycles. The molecule has 4 rings (SSSR count). The van der Waals surface area contributed by atoms with Crippen molar-refractivity contribution in [1.82, 2.24) is 14.2 Å². The highest BCUT2D eigenvalue weighted by atomic mass is 32.2. The highest BCUT2D eigenvalue weighted by Gasteiger charge is 2.31. The van der Waals surface area contributed by atoms with E-state index in [4.69, 9.17) is 14.9 Å². The van der Waals surface area contributed by atoms with Gasteiger partial charge in [-0.1, -0.05) is 30.3 Å². The van der Waals surface area contributed by atoms with Crippen molar-refractivity contribution < 1.29 is 33.0 Å². The maximum atomic E-state index is 13.4. The van der Waals surface area contributed by atoms with Crippen LogP contribution in [0.5, 0.6) is 5.75 Å². The minimum Gasteiger partial charge on any atom is -0.494 e. The molecule has 214 valence electrons. The van der Waals surface area contributed by atoms with E-state index in [1.165, 1.54) is 0 Å². The van der Waals surface area contributed by atoms with Crippen LogP contribution < -0.4 is 4.74 Å². The Balaban J connectivity index is 0.000000482. The van der Waals surface area contributed by atoms with E-state index in [2.05, 4.69) is 9.88 Å². The molecule has 1 fully saturated rings. The number of para-hydroxylation sites is 1. The Bertz CT molecular complexity index is 1370. The number of benzene rings is 2. The van der Waals surface area contributed by atoms with Crippen LogP contribution in [0.2, 0.25) is 0 Å². The minimum atomic E-state index is -3.56. The minimum absolute atomic E-state index is 0.0229. The molecule has 2 N–H and O–H groups in total. The smallest absolute Gasteiger partial charge is 0.328 e. The fourth-order valence-electron chi connectivity index (χ4n) is 4.46. The quantitative estimate of drug-likeness (QED) is 0.260. The van der Waals surface area contributed by atoms with Gasteiger partial charge in [0.25, 0.3) is 0 Å². The third-order valence-electron chi connectivity index (χ3n) is 6.62. The van der Waals surface area contributed by atoms with Crippen LogP contribution in [0.3, 0.4) is 0 Å². The van der Waals surface area contributed by atoms with Crippen molar-refractivity contribution in [3.63, 3.8) is 0 Å². The van der Waals surface area contributed by atoms with Crippen molar-refractivity contribution in [1.29, 1.82) is 0 Å². The van der Waals surface area contributed by atoms with E-state index < -0.39 is 22.0 Å². The van der Waals surface area contributed by atoms with Gasteiger partial charge in [0.05, 0.1) is 11.5 Å². The molecule has 0 aliphatic carbocycles. The van der Waals surface area contributed by atoms with Crippen molar-refractivity contribution in [2.75, 3.05) is 33.3 Å². The summed E-state index contributed by atoms with van der Waals surface area (Å²) < 4.78 is 34.1. The number of carboxylic acids is 2. The van der Waals surface area contributed by atoms with Crippen molar-refractivity contribution in [2.24, 2.45) is 0 Å². The third-order valence-corrected chi connectivity index (χ3v) is 8.59. The Morgan fingerprint density at radius 2 is 1.68 bits per heavy atom. The summed E-state index contributed by atoms with van der Waals surface area (Å²) in [6.45, 7) is 3.59. The summed E-state index contributed by atoms with van der Waals surface area (Å²) in [6.07, 6.45) is 8.26. The summed E-state index contributed by atoms with van der Waals surface area (Å²) in [4.78, 5) is 26.0. The predicted molar refractivity (Wildman–Crippen MR) is 152 cm³/mol. The predicted octanol–water partition coefficient (Wildman–Crippen LogP) is 3.89. The maximum absolute atomic E-state index is 13.4. The fourth-order valence-corrected chi connectivity index (χ4v) is 6.09. The molecule has 0 radical (unpaired) electrons. The van der Waals surface area contributed by atoms with Crippen LogP contribution in [0.15, 0.2) is 84.0 Å². The Morgan fingerprint density at radius 3 is 2.33 bits per heavy atom. The molecule has 0 amide bonds. The molecule has 0 atom stereocenters. The number of piperidine rings is 1. The van der Waals surface area contributed by atoms with E-state index in [1.54, 1.807) is 41.9 Å². The number of hydrogen-bond donors (Lipinski definition) is 2. The number of rotatable bonds is 11. The molecule has 0 spiro atoms. The highest BCUT2D eigenvalue weighted by molar-refractivity contribution is 7.89. The van der Waals surface area contributed by atoms with E-state index in [0.717, 1.165) is 68.4 Å². The van der Waals surface area contributed by atoms with E-state index in [1.807, 2.05) is 36.4 Å². The molecule has 0 bridgehead atoms. The zero-order valence-corrected chi connectivity index (χ0v) is 23.2. The number of unbranched alkanes of at least 4 members (excludes halogenated alkanes) is 1. The molecular formula is C29H35N3O7S. The lowest BCUT2D eigenvalue weighted by Crippen LogP contribution is -2.45. The van der Waals surface area contributed by atoms with Gasteiger partial charge in [-0.2, -0.15) is 4.31 Å². The number of carbonyl (C=O) groups is 2. The molecule has 1 aliphatic heterocycles. The van der Waals surface area contributed by atoms with Crippen LogP contribution in [0, 0.1) is 0 Å². The first-order valence-electron chi connectivity index (χ1n) is 13.0. The summed E-state index contributed by atoms with van der Waals surface area (Å²) in [6, 6.07) is 17.1. The second-order valence-corrected chi connectivity index (χ2v) is 11.3. The fraction of sp³-hybridized carbons (Fsp3) is 0.345. The highest BCUT2D eigenvalue weighted by Crippen LogP contribution is 2.28. The zero-order valence-electron chi connectivity index (χ0n) is 22.4. The summed E-state index contributed by atoms with van der Waals surface area (Å²) in [5.74, 6) is -1.60. The van der Waals surface area contributed by atoms with Crippen LogP contribution in [-0.4, -0.2) is 84.1 Å². The number of likely N-dealkylation sites (tertiary alicyclic amines) is 1. The molecule has 40 heavy (non-hydrogen) atoms. The van der Waals surface area contributed by atoms with E-state index in [9.17, 15) is 18.0 Å². The standard InChI is InChI=1S/C25H31N3O3S.C4H4O4/c1-27(32(29,30)25-11-7-8-21-20-26-15-12-24(21)25)22-13-17-28(18-14-22)16-5-6-19-31-23-9-3-2-4-10-23;5-3(6)1-2-4(7)8/h2-4,7-12,15,20,22H,5-6,13-14,16-19H2,1H3;1-2H,(H,5,6)(H,7,8)/b;2-1+. The summed E-state index contributed by atoms with van der Waals surface area (Å²) >= 11 is 0. The number of hydrogen-bond acceptors (Lipinski definition) is 7. The van der Waals surface area contributed by atoms with Gasteiger partial charge in [0.1, 0.15) is 5.75 Å². The van der Waals surface area contributed by atoms with Crippen molar-refractivity contribution in [3.8, 4) is 5.75 Å². The molecular weight excluding hydrogens is 534 g/mol. The molecule has 10 nitrogen and oxygen atoms in total. The summed E-state index contributed by atoms with van der Waals surface area (Å²) in [7, 11) is -1.84. The van der Waals surface area contributed by atoms with E-state index in [-0.39, 0.29) is 6.04 Å². The number of carboxylic acid groups (broad SMARTS) is 2. The molecule has 1 aromatic heterocycles. The van der Waals surface area contributed by atoms with Crippen LogP contribution in [0.1, 0.15) is 25.7 Å². The lowest BCUT2D eigenvalue weighted by Gasteiger charge is -2.36. The van der Waals surface area contributed by atoms with Gasteiger partial charge in [-0.05, 0) is 69.6 Å². The Hall–Kier alpha value is -3.80. The molecule has 11 heteroatoms. The van der Waals surface area contributed by atoms with Crippen molar-refractivity contribution in [3.05, 3.63) is 79.1 Å². The van der Waals surface area contributed by atoms with Gasteiger partial charge in [0, 0.05) is 48.4 Å². The molecule has 1 saturated heterocycles. The van der Waals surface area contributed by atoms with Crippen LogP contribution in [0.4, 0.5) is 0 Å². The summed E-state index contributed by atoms with van der Waals surface area (Å²) in [5, 5.41) is 17.2. The molecule has 0 unspecified atom stereocenters. The zero-order chi connectivity index (χ0) is 29.0. The topological polar surface area (TPSA) is 137 Å². The van der Waals surface area contributed by atoms with Crippen LogP contribution in [-0.2, 0) is 19.6 Å². The lowest BCUT2D eigenvalue weighted by molar-refractivity contribution is -0.134. The SMILES string of the molecule is CN(C1CCN(CCCCOc2ccccc2)CC1)S(=O)(=O)c1cccc2cnccc12.O=C(O)/C=C/C(=O)O. The number of aliphatic carboxylic acids is 2. The first-order valence-corrected chi connectivity index (χ1v) is 14.5.